The minimum Gasteiger partial charge on any atom is -0.396 e. The van der Waals surface area contributed by atoms with Gasteiger partial charge in [-0.15, -0.1) is 0 Å². The summed E-state index contributed by atoms with van der Waals surface area (Å²) in [7, 11) is 0. The first-order valence-electron chi connectivity index (χ1n) is 13.9. The molecule has 0 saturated heterocycles. The van der Waals surface area contributed by atoms with Crippen molar-refractivity contribution in [3.63, 3.8) is 0 Å². The van der Waals surface area contributed by atoms with E-state index in [1.165, 1.54) is 12.1 Å². The van der Waals surface area contributed by atoms with E-state index in [9.17, 15) is 14.0 Å². The third-order valence-electron chi connectivity index (χ3n) is 8.47. The van der Waals surface area contributed by atoms with Gasteiger partial charge in [-0.05, 0) is 60.9 Å². The number of amides is 1. The van der Waals surface area contributed by atoms with E-state index in [4.69, 9.17) is 10.1 Å². The Morgan fingerprint density at radius 2 is 2.02 bits per heavy atom. The van der Waals surface area contributed by atoms with Crippen molar-refractivity contribution < 1.29 is 19.1 Å². The van der Waals surface area contributed by atoms with Crippen LogP contribution in [0.1, 0.15) is 72.6 Å². The first kappa shape index (κ1) is 26.3. The van der Waals surface area contributed by atoms with Gasteiger partial charge in [0.05, 0.1) is 11.6 Å². The lowest BCUT2D eigenvalue weighted by molar-refractivity contribution is -0.124. The van der Waals surface area contributed by atoms with Crippen molar-refractivity contribution in [2.75, 3.05) is 13.2 Å². The summed E-state index contributed by atoms with van der Waals surface area (Å²) < 4.78 is 13.7. The number of allylic oxidation sites excluding steroid dienone is 1. The quantitative estimate of drug-likeness (QED) is 0.358. The molecule has 2 aliphatic carbocycles. The Kier molecular flexibility index (Phi) is 7.14. The van der Waals surface area contributed by atoms with E-state index in [0.717, 1.165) is 48.9 Å². The van der Waals surface area contributed by atoms with Crippen molar-refractivity contribution in [3.05, 3.63) is 71.4 Å². The monoisotopic (exact) mass is 541 g/mol. The molecule has 2 unspecified atom stereocenters. The number of hydrogen-bond acceptors (Lipinski definition) is 6. The topological polar surface area (TPSA) is 120 Å². The number of aromatic amines is 1. The van der Waals surface area contributed by atoms with Gasteiger partial charge in [-0.2, -0.15) is 5.10 Å². The number of hydrogen-bond donors (Lipinski definition) is 3. The van der Waals surface area contributed by atoms with Gasteiger partial charge in [-0.25, -0.2) is 9.38 Å². The molecule has 6 rings (SSSR count). The molecule has 1 aliphatic heterocycles. The van der Waals surface area contributed by atoms with Crippen LogP contribution in [0.3, 0.4) is 0 Å². The Balaban J connectivity index is 1.34. The zero-order valence-electron chi connectivity index (χ0n) is 22.2. The Bertz CT molecular complexity index is 1490. The van der Waals surface area contributed by atoms with E-state index in [1.54, 1.807) is 12.3 Å². The minimum absolute atomic E-state index is 0.00666. The maximum absolute atomic E-state index is 13.7. The number of H-pyrrole nitrogens is 1. The molecule has 9 heteroatoms. The summed E-state index contributed by atoms with van der Waals surface area (Å²) in [6.45, 7) is 0.300. The number of rotatable bonds is 7. The van der Waals surface area contributed by atoms with Gasteiger partial charge in [0.25, 0.3) is 5.91 Å². The highest BCUT2D eigenvalue weighted by Gasteiger charge is 2.50. The zero-order valence-corrected chi connectivity index (χ0v) is 22.2. The number of aliphatic imine (C=N–C) groups is 1. The molecule has 0 bridgehead atoms. The van der Waals surface area contributed by atoms with Crippen LogP contribution in [0.5, 0.6) is 0 Å². The van der Waals surface area contributed by atoms with Crippen molar-refractivity contribution in [1.29, 1.82) is 0 Å². The standard InChI is InChI=1S/C31H32FN5O3/c32-21-6-3-5-19(15-21)20-7-8-22(34-18-20)9-10-23-26-24(16-31(17-25(26)39)11-1-2-12-31)35-29-27(23)28(36-37-29)30(40)33-13-4-14-38/h3,5-10,15,18,23,26,38H,1-2,4,11-14,16-17H2,(H,33,40)(H,36,37)/b10-9+. The Morgan fingerprint density at radius 3 is 2.77 bits per heavy atom. The predicted molar refractivity (Wildman–Crippen MR) is 150 cm³/mol. The van der Waals surface area contributed by atoms with Crippen molar-refractivity contribution in [1.82, 2.24) is 20.5 Å². The van der Waals surface area contributed by atoms with Gasteiger partial charge in [-0.1, -0.05) is 37.1 Å². The zero-order chi connectivity index (χ0) is 27.7. The number of aliphatic hydroxyl groups is 1. The molecule has 3 N–H and O–H groups in total. The van der Waals surface area contributed by atoms with Crippen LogP contribution in [0.4, 0.5) is 10.2 Å². The van der Waals surface area contributed by atoms with Crippen molar-refractivity contribution in [2.45, 2.75) is 50.9 Å². The lowest BCUT2D eigenvalue weighted by atomic mass is 9.63. The molecule has 40 heavy (non-hydrogen) atoms. The molecule has 3 aliphatic rings. The van der Waals surface area contributed by atoms with E-state index in [0.29, 0.717) is 36.5 Å². The largest absolute Gasteiger partial charge is 0.396 e. The number of aromatic nitrogens is 3. The second-order valence-electron chi connectivity index (χ2n) is 11.1. The molecule has 0 radical (unpaired) electrons. The van der Waals surface area contributed by atoms with E-state index >= 15 is 0 Å². The van der Waals surface area contributed by atoms with Crippen molar-refractivity contribution in [3.8, 4) is 11.1 Å². The number of nitrogens with one attached hydrogen (secondary N) is 2. The van der Waals surface area contributed by atoms with Gasteiger partial charge in [0.15, 0.2) is 5.82 Å². The fraction of sp³-hybridized carbons (Fsp3) is 0.387. The van der Waals surface area contributed by atoms with Crippen LogP contribution in [-0.2, 0) is 4.79 Å². The van der Waals surface area contributed by atoms with E-state index in [1.807, 2.05) is 30.4 Å². The number of ketones is 1. The predicted octanol–water partition coefficient (Wildman–Crippen LogP) is 5.15. The van der Waals surface area contributed by atoms with Crippen LogP contribution >= 0.6 is 0 Å². The van der Waals surface area contributed by atoms with Crippen LogP contribution in [0.15, 0.2) is 53.7 Å². The number of pyridine rings is 1. The van der Waals surface area contributed by atoms with Gasteiger partial charge < -0.3 is 10.4 Å². The number of halogens is 1. The molecule has 206 valence electrons. The fourth-order valence-corrected chi connectivity index (χ4v) is 6.56. The third kappa shape index (κ3) is 5.01. The van der Waals surface area contributed by atoms with E-state index < -0.39 is 11.8 Å². The summed E-state index contributed by atoms with van der Waals surface area (Å²) in [4.78, 5) is 36.2. The molecule has 3 aromatic rings. The molecule has 3 heterocycles. The van der Waals surface area contributed by atoms with Crippen LogP contribution in [-0.4, -0.2) is 50.8 Å². The van der Waals surface area contributed by atoms with Gasteiger partial charge in [-0.3, -0.25) is 19.7 Å². The summed E-state index contributed by atoms with van der Waals surface area (Å²) in [6.07, 6.45) is 11.6. The smallest absolute Gasteiger partial charge is 0.269 e. The van der Waals surface area contributed by atoms with Gasteiger partial charge in [0.2, 0.25) is 0 Å². The Hall–Kier alpha value is -3.98. The molecule has 8 nitrogen and oxygen atoms in total. The lowest BCUT2D eigenvalue weighted by Crippen LogP contribution is -2.43. The number of Topliss-reactive ketones (excluding diaryl/α,β-unsaturated/α-hetero) is 1. The van der Waals surface area contributed by atoms with Gasteiger partial charge in [0.1, 0.15) is 17.3 Å². The molecule has 2 aromatic heterocycles. The summed E-state index contributed by atoms with van der Waals surface area (Å²) in [5, 5.41) is 19.2. The molecule has 1 amide bonds. The Labute approximate surface area is 231 Å². The van der Waals surface area contributed by atoms with Gasteiger partial charge in [0, 0.05) is 48.5 Å². The summed E-state index contributed by atoms with van der Waals surface area (Å²) in [6, 6.07) is 10.1. The highest BCUT2D eigenvalue weighted by molar-refractivity contribution is 6.11. The molecule has 1 spiro atoms. The van der Waals surface area contributed by atoms with Crippen LogP contribution < -0.4 is 5.32 Å². The first-order chi connectivity index (χ1) is 19.5. The number of aliphatic hydroxyl groups excluding tert-OH is 1. The normalized spacial score (nSPS) is 21.4. The van der Waals surface area contributed by atoms with Crippen LogP contribution in [0, 0.1) is 17.2 Å². The van der Waals surface area contributed by atoms with Crippen molar-refractivity contribution >= 4 is 29.3 Å². The molecule has 1 aromatic carbocycles. The Morgan fingerprint density at radius 1 is 1.18 bits per heavy atom. The SMILES string of the molecule is O=C(NCCCO)c1[nH]nc2c1C(/C=C/c1ccc(-c3cccc(F)c3)cn1)C1C(=O)CC3(CCCC3)CC1=N2. The van der Waals surface area contributed by atoms with Crippen molar-refractivity contribution in [2.24, 2.45) is 16.3 Å². The maximum atomic E-state index is 13.7. The average Bonchev–Trinajstić information content (AvgIpc) is 3.58. The molecule has 2 atom stereocenters. The number of nitrogens with zero attached hydrogens (tertiary/aromatic N) is 3. The third-order valence-corrected chi connectivity index (χ3v) is 8.47. The number of carbonyl (C=O) groups is 2. The van der Waals surface area contributed by atoms with Crippen LogP contribution in [0.2, 0.25) is 0 Å². The summed E-state index contributed by atoms with van der Waals surface area (Å²) >= 11 is 0. The highest BCUT2D eigenvalue weighted by atomic mass is 19.1. The molecular weight excluding hydrogens is 509 g/mol. The molecule has 2 saturated carbocycles. The number of carbonyl (C=O) groups excluding carboxylic acids is 2. The summed E-state index contributed by atoms with van der Waals surface area (Å²) in [5.74, 6) is -0.911. The minimum atomic E-state index is -0.455. The second-order valence-corrected chi connectivity index (χ2v) is 11.1. The fourth-order valence-electron chi connectivity index (χ4n) is 6.56. The first-order valence-corrected chi connectivity index (χ1v) is 13.9. The van der Waals surface area contributed by atoms with Crippen LogP contribution in [0.25, 0.3) is 17.2 Å². The van der Waals surface area contributed by atoms with Gasteiger partial charge >= 0.3 is 0 Å². The second kappa shape index (κ2) is 10.9. The van der Waals surface area contributed by atoms with E-state index in [-0.39, 0.29) is 35.2 Å². The number of benzene rings is 1. The number of fused-ring (bicyclic) bond motifs is 2. The summed E-state index contributed by atoms with van der Waals surface area (Å²) in [5.41, 5.74) is 3.96. The molecule has 2 fully saturated rings. The van der Waals surface area contributed by atoms with E-state index in [2.05, 4.69) is 20.5 Å². The molecular formula is C31H32FN5O3. The maximum Gasteiger partial charge on any atom is 0.269 e. The highest BCUT2D eigenvalue weighted by Crippen LogP contribution is 2.53. The lowest BCUT2D eigenvalue weighted by Gasteiger charge is -2.41. The average molecular weight is 542 g/mol.